The minimum Gasteiger partial charge on any atom is -0.481 e. The Morgan fingerprint density at radius 3 is 1.19 bits per heavy atom. The molecular weight excluding hydrogens is 1020 g/mol. The molecule has 10 amide bonds. The van der Waals surface area contributed by atoms with Crippen molar-refractivity contribution >= 4 is 71.0 Å². The largest absolute Gasteiger partial charge is 0.481 e. The minimum absolute atomic E-state index is 0.0271. The molecule has 0 radical (unpaired) electrons. The van der Waals surface area contributed by atoms with E-state index in [0.29, 0.717) is 37.7 Å². The Morgan fingerprint density at radius 2 is 0.795 bits per heavy atom. The van der Waals surface area contributed by atoms with Crippen LogP contribution in [0.25, 0.3) is 0 Å². The van der Waals surface area contributed by atoms with E-state index in [1.54, 1.807) is 65.0 Å². The van der Waals surface area contributed by atoms with E-state index in [1.807, 2.05) is 6.92 Å². The van der Waals surface area contributed by atoms with Crippen molar-refractivity contribution in [2.24, 2.45) is 40.9 Å². The predicted octanol–water partition coefficient (Wildman–Crippen LogP) is -1.68. The molecule has 0 fully saturated rings. The molecule has 0 spiro atoms. The van der Waals surface area contributed by atoms with Crippen molar-refractivity contribution in [3.63, 3.8) is 0 Å². The lowest BCUT2D eigenvalue weighted by Gasteiger charge is -2.31. The summed E-state index contributed by atoms with van der Waals surface area (Å²) in [6, 6.07) is -4.09. The molecule has 26 heteroatoms. The van der Waals surface area contributed by atoms with Gasteiger partial charge in [0.05, 0.1) is 12.8 Å². The van der Waals surface area contributed by atoms with Gasteiger partial charge in [0.15, 0.2) is 0 Å². The average Bonchev–Trinajstić information content (AvgIpc) is 3.35. The second kappa shape index (κ2) is 35.2. The lowest BCUT2D eigenvalue weighted by Crippen LogP contribution is -2.62. The zero-order chi connectivity index (χ0) is 59.4. The summed E-state index contributed by atoms with van der Waals surface area (Å²) in [6.45, 7) is 15.2. The number of primary amides is 1. The van der Waals surface area contributed by atoms with Crippen molar-refractivity contribution in [2.75, 3.05) is 13.1 Å². The molecule has 78 heavy (non-hydrogen) atoms. The van der Waals surface area contributed by atoms with Crippen molar-refractivity contribution in [1.29, 1.82) is 0 Å². The van der Waals surface area contributed by atoms with Crippen molar-refractivity contribution in [1.82, 2.24) is 47.9 Å². The van der Waals surface area contributed by atoms with Crippen molar-refractivity contribution in [3.8, 4) is 0 Å². The van der Waals surface area contributed by atoms with Crippen molar-refractivity contribution < 1.29 is 67.7 Å². The molecule has 0 saturated carbocycles. The summed E-state index contributed by atoms with van der Waals surface area (Å²) >= 11 is 0. The first-order valence-electron chi connectivity index (χ1n) is 26.5. The van der Waals surface area contributed by atoms with Gasteiger partial charge in [0.2, 0.25) is 59.1 Å². The molecule has 17 N–H and O–H groups in total. The maximum absolute atomic E-state index is 14.4. The summed E-state index contributed by atoms with van der Waals surface area (Å²) in [5, 5.41) is 42.1. The Hall–Kier alpha value is -7.22. The number of hydrogen-bond donors (Lipinski definition) is 14. The second-order valence-corrected chi connectivity index (χ2v) is 20.4. The Balaban J connectivity index is 3.55. The summed E-state index contributed by atoms with van der Waals surface area (Å²) in [5.74, 6) is -13.9. The highest BCUT2D eigenvalue weighted by Gasteiger charge is 2.38. The van der Waals surface area contributed by atoms with Gasteiger partial charge in [-0.15, -0.1) is 0 Å². The summed E-state index contributed by atoms with van der Waals surface area (Å²) in [6.07, 6.45) is -0.0918. The fourth-order valence-electron chi connectivity index (χ4n) is 7.97. The SMILES string of the molecule is CC[C@H](C)[C@H](NC(C)=O)C(=O)N[C@H](C(=O)N[C@H](C(=O)N[C@@H](Cc1ccccc1)C(=O)N[C@@H](CCCCN)C(=O)N[C@H](C(=O)N[C@@H](CC(=O)O)C(=O)N[C@@H](CC(=O)O)C(=O)N[C@@H](CCCCN)C(N)=O)C(C)C)C(C)C)C(C)C. The van der Waals surface area contributed by atoms with Gasteiger partial charge in [-0.25, -0.2) is 0 Å². The van der Waals surface area contributed by atoms with Crippen LogP contribution >= 0.6 is 0 Å². The van der Waals surface area contributed by atoms with E-state index in [4.69, 9.17) is 17.2 Å². The van der Waals surface area contributed by atoms with Crippen LogP contribution in [0, 0.1) is 23.7 Å². The monoisotopic (exact) mass is 1100 g/mol. The molecule has 0 unspecified atom stereocenters. The molecule has 1 aromatic carbocycles. The molecule has 0 bridgehead atoms. The third-order valence-electron chi connectivity index (χ3n) is 12.7. The van der Waals surface area contributed by atoms with Crippen LogP contribution < -0.4 is 65.1 Å². The fourth-order valence-corrected chi connectivity index (χ4v) is 7.97. The number of nitrogens with one attached hydrogen (secondary N) is 9. The number of carboxylic acids is 2. The van der Waals surface area contributed by atoms with E-state index in [-0.39, 0.29) is 38.3 Å². The number of amides is 10. The normalized spacial score (nSPS) is 15.1. The minimum atomic E-state index is -1.94. The van der Waals surface area contributed by atoms with E-state index < -0.39 is 156 Å². The fraction of sp³-hybridized carbons (Fsp3) is 0.654. The number of carbonyl (C=O) groups excluding carboxylic acids is 10. The van der Waals surface area contributed by atoms with Gasteiger partial charge in [0.25, 0.3) is 0 Å². The molecule has 0 aliphatic carbocycles. The number of aliphatic carboxylic acids is 2. The van der Waals surface area contributed by atoms with Gasteiger partial charge in [0.1, 0.15) is 54.4 Å². The second-order valence-electron chi connectivity index (χ2n) is 20.4. The lowest BCUT2D eigenvalue weighted by molar-refractivity contribution is -0.143. The van der Waals surface area contributed by atoms with Gasteiger partial charge < -0.3 is 75.3 Å². The molecule has 10 atom stereocenters. The van der Waals surface area contributed by atoms with E-state index in [9.17, 15) is 67.7 Å². The predicted molar refractivity (Wildman–Crippen MR) is 287 cm³/mol. The third-order valence-corrected chi connectivity index (χ3v) is 12.7. The summed E-state index contributed by atoms with van der Waals surface area (Å²) in [4.78, 5) is 159. The molecule has 438 valence electrons. The molecule has 0 aliphatic rings. The van der Waals surface area contributed by atoms with Gasteiger partial charge in [-0.05, 0) is 80.8 Å². The number of nitrogens with two attached hydrogens (primary N) is 3. The van der Waals surface area contributed by atoms with Gasteiger partial charge >= 0.3 is 11.9 Å². The van der Waals surface area contributed by atoms with Crippen LogP contribution in [-0.2, 0) is 64.0 Å². The molecule has 0 aliphatic heterocycles. The van der Waals surface area contributed by atoms with Crippen molar-refractivity contribution in [3.05, 3.63) is 35.9 Å². The van der Waals surface area contributed by atoms with Crippen LogP contribution in [0.4, 0.5) is 0 Å². The molecule has 0 aromatic heterocycles. The Labute approximate surface area is 456 Å². The van der Waals surface area contributed by atoms with Crippen LogP contribution in [0.15, 0.2) is 30.3 Å². The molecule has 0 heterocycles. The van der Waals surface area contributed by atoms with E-state index in [2.05, 4.69) is 47.9 Å². The standard InChI is InChI=1S/C52H86N12O14/c1-10-30(8)43(56-31(9)65)52(78)64-42(29(6)7)51(77)63-41(28(4)5)50(76)60-35(24-32-18-12-11-13-19-32)46(72)58-34(21-15-17-23-54)45(71)62-40(27(2)3)49(75)61-37(26-39(68)69)48(74)59-36(25-38(66)67)47(73)57-33(44(55)70)20-14-16-22-53/h11-13,18-19,27-30,33-37,40-43H,10,14-17,20-26,53-54H2,1-9H3,(H2,55,70)(H,56,65)(H,57,73)(H,58,72)(H,59,74)(H,60,76)(H,61,75)(H,62,71)(H,63,77)(H,64,78)(H,66,67)(H,68,69)/t30-,33-,34-,35-,36-,37-,40-,41-,42-,43-/m0/s1. The molecule has 26 nitrogen and oxygen atoms in total. The topological polar surface area (TPSA) is 432 Å². The van der Waals surface area contributed by atoms with E-state index in [1.165, 1.54) is 20.8 Å². The molecule has 0 saturated heterocycles. The van der Waals surface area contributed by atoms with Gasteiger partial charge in [-0.1, -0.05) is 92.1 Å². The maximum atomic E-state index is 14.4. The first-order valence-corrected chi connectivity index (χ1v) is 26.5. The zero-order valence-corrected chi connectivity index (χ0v) is 46.4. The number of carbonyl (C=O) groups is 12. The van der Waals surface area contributed by atoms with Crippen LogP contribution in [0.1, 0.15) is 126 Å². The summed E-state index contributed by atoms with van der Waals surface area (Å²) in [5.41, 5.74) is 17.3. The third kappa shape index (κ3) is 24.8. The van der Waals surface area contributed by atoms with Gasteiger partial charge in [-0.3, -0.25) is 57.5 Å². The summed E-state index contributed by atoms with van der Waals surface area (Å²) < 4.78 is 0. The average molecular weight is 1100 g/mol. The Morgan fingerprint density at radius 1 is 0.449 bits per heavy atom. The van der Waals surface area contributed by atoms with Gasteiger partial charge in [0, 0.05) is 13.3 Å². The first kappa shape index (κ1) is 68.8. The van der Waals surface area contributed by atoms with Gasteiger partial charge in [-0.2, -0.15) is 0 Å². The van der Waals surface area contributed by atoms with E-state index >= 15 is 0 Å². The Bertz CT molecular complexity index is 2200. The van der Waals surface area contributed by atoms with Crippen LogP contribution in [0.3, 0.4) is 0 Å². The Kier molecular flexibility index (Phi) is 31.1. The van der Waals surface area contributed by atoms with Crippen LogP contribution in [-0.4, -0.2) is 149 Å². The van der Waals surface area contributed by atoms with Crippen molar-refractivity contribution in [2.45, 2.75) is 181 Å². The van der Waals surface area contributed by atoms with Crippen LogP contribution in [0.5, 0.6) is 0 Å². The smallest absolute Gasteiger partial charge is 0.305 e. The first-order chi connectivity index (χ1) is 36.6. The lowest BCUT2D eigenvalue weighted by atomic mass is 9.95. The maximum Gasteiger partial charge on any atom is 0.305 e. The molecule has 1 aromatic rings. The molecular formula is C52H86N12O14. The quantitative estimate of drug-likeness (QED) is 0.0331. The number of carboxylic acid groups (broad SMARTS) is 2. The highest BCUT2D eigenvalue weighted by molar-refractivity contribution is 5.99. The number of hydrogen-bond acceptors (Lipinski definition) is 14. The highest BCUT2D eigenvalue weighted by Crippen LogP contribution is 2.14. The van der Waals surface area contributed by atoms with Crippen LogP contribution in [0.2, 0.25) is 0 Å². The van der Waals surface area contributed by atoms with E-state index in [0.717, 1.165) is 0 Å². The number of unbranched alkanes of at least 4 members (excludes halogenated alkanes) is 2. The number of benzene rings is 1. The summed E-state index contributed by atoms with van der Waals surface area (Å²) in [7, 11) is 0. The molecule has 1 rings (SSSR count). The number of rotatable bonds is 37. The zero-order valence-electron chi connectivity index (χ0n) is 46.4. The highest BCUT2D eigenvalue weighted by atomic mass is 16.4.